The lowest BCUT2D eigenvalue weighted by molar-refractivity contribution is -0.362. The molecule has 0 bridgehead atoms. The van der Waals surface area contributed by atoms with Crippen molar-refractivity contribution in [1.29, 1.82) is 0 Å². The summed E-state index contributed by atoms with van der Waals surface area (Å²) in [7, 11) is 1.83. The second-order valence-electron chi connectivity index (χ2n) is 1.25. The molecule has 0 spiro atoms. The summed E-state index contributed by atoms with van der Waals surface area (Å²) in [4.78, 5) is 8.97. The average molecular weight is 89.1 g/mol. The fourth-order valence-electron chi connectivity index (χ4n) is 0.330. The van der Waals surface area contributed by atoms with Crippen LogP contribution in [-0.2, 0) is 9.88 Å². The van der Waals surface area contributed by atoms with E-state index in [0.717, 1.165) is 6.54 Å². The fraction of sp³-hybridized carbons (Fsp3) is 1.00. The summed E-state index contributed by atoms with van der Waals surface area (Å²) in [5.74, 6) is 0. The van der Waals surface area contributed by atoms with Crippen LogP contribution < -0.4 is 0 Å². The summed E-state index contributed by atoms with van der Waals surface area (Å²) in [5, 5.41) is 1.64. The summed E-state index contributed by atoms with van der Waals surface area (Å²) < 4.78 is 0. The molecule has 3 nitrogen and oxygen atoms in total. The number of hydrogen-bond donors (Lipinski definition) is 0. The molecule has 1 heterocycles. The molecule has 0 aromatic carbocycles. The lowest BCUT2D eigenvalue weighted by Gasteiger charge is -1.96. The third kappa shape index (κ3) is 0.680. The van der Waals surface area contributed by atoms with Crippen LogP contribution in [-0.4, -0.2) is 25.3 Å². The van der Waals surface area contributed by atoms with E-state index in [1.165, 1.54) is 0 Å². The van der Waals surface area contributed by atoms with E-state index in [1.54, 1.807) is 5.06 Å². The summed E-state index contributed by atoms with van der Waals surface area (Å²) in [6.07, 6.45) is 0. The molecule has 0 radical (unpaired) electrons. The minimum atomic E-state index is 0.691. The van der Waals surface area contributed by atoms with Gasteiger partial charge in [-0.05, 0) is 0 Å². The number of hydroxylamine groups is 2. The molecule has 0 N–H and O–H groups in total. The van der Waals surface area contributed by atoms with Crippen LogP contribution in [0.3, 0.4) is 0 Å². The van der Waals surface area contributed by atoms with Crippen LogP contribution in [0.5, 0.6) is 0 Å². The molecule has 0 aromatic rings. The molecule has 1 rings (SSSR count). The Labute approximate surface area is 36.3 Å². The van der Waals surface area contributed by atoms with Gasteiger partial charge in [0, 0.05) is 7.05 Å². The molecule has 0 saturated carbocycles. The van der Waals surface area contributed by atoms with Crippen molar-refractivity contribution in [1.82, 2.24) is 5.06 Å². The molecule has 36 valence electrons. The fourth-order valence-corrected chi connectivity index (χ4v) is 0.330. The smallest absolute Gasteiger partial charge is 0.0993 e. The largest absolute Gasteiger partial charge is 0.216 e. The van der Waals surface area contributed by atoms with Gasteiger partial charge in [-0.2, -0.15) is 5.06 Å². The minimum absolute atomic E-state index is 0.691. The molecule has 6 heavy (non-hydrogen) atoms. The Balaban J connectivity index is 2.18. The second kappa shape index (κ2) is 1.55. The summed E-state index contributed by atoms with van der Waals surface area (Å²) in [6, 6.07) is 0. The van der Waals surface area contributed by atoms with E-state index in [0.29, 0.717) is 6.61 Å². The lowest BCUT2D eigenvalue weighted by atomic mass is 10.7. The van der Waals surface area contributed by atoms with Crippen LogP contribution in [0.1, 0.15) is 0 Å². The van der Waals surface area contributed by atoms with Gasteiger partial charge in [0.2, 0.25) is 0 Å². The Morgan fingerprint density at radius 2 is 2.50 bits per heavy atom. The molecule has 0 aromatic heterocycles. The van der Waals surface area contributed by atoms with Gasteiger partial charge in [0.1, 0.15) is 0 Å². The SMILES string of the molecule is CN1CCOO1. The van der Waals surface area contributed by atoms with E-state index in [9.17, 15) is 0 Å². The third-order valence-corrected chi connectivity index (χ3v) is 0.669. The molecular weight excluding hydrogens is 82.0 g/mol. The predicted octanol–water partition coefficient (Wildman–Crippen LogP) is -0.205. The van der Waals surface area contributed by atoms with Crippen LogP contribution in [0.4, 0.5) is 0 Å². The van der Waals surface area contributed by atoms with Gasteiger partial charge >= 0.3 is 0 Å². The van der Waals surface area contributed by atoms with Gasteiger partial charge in [-0.15, -0.1) is 4.99 Å². The van der Waals surface area contributed by atoms with Gasteiger partial charge in [0.15, 0.2) is 0 Å². The van der Waals surface area contributed by atoms with Crippen LogP contribution in [0.2, 0.25) is 0 Å². The van der Waals surface area contributed by atoms with Crippen molar-refractivity contribution in [2.45, 2.75) is 0 Å². The van der Waals surface area contributed by atoms with Crippen molar-refractivity contribution in [3.63, 3.8) is 0 Å². The maximum atomic E-state index is 4.49. The number of rotatable bonds is 0. The van der Waals surface area contributed by atoms with Crippen molar-refractivity contribution < 1.29 is 9.88 Å². The van der Waals surface area contributed by atoms with Gasteiger partial charge in [0.25, 0.3) is 0 Å². The highest BCUT2D eigenvalue weighted by atomic mass is 17.3. The first kappa shape index (κ1) is 4.05. The van der Waals surface area contributed by atoms with Crippen LogP contribution in [0, 0.1) is 0 Å². The molecule has 3 heteroatoms. The van der Waals surface area contributed by atoms with Gasteiger partial charge in [-0.25, -0.2) is 4.89 Å². The molecule has 1 saturated heterocycles. The zero-order valence-corrected chi connectivity index (χ0v) is 3.68. The van der Waals surface area contributed by atoms with E-state index in [1.807, 2.05) is 7.05 Å². The van der Waals surface area contributed by atoms with E-state index >= 15 is 0 Å². The number of hydrogen-bond acceptors (Lipinski definition) is 3. The first-order valence-electron chi connectivity index (χ1n) is 1.90. The summed E-state index contributed by atoms with van der Waals surface area (Å²) in [6.45, 7) is 1.57. The second-order valence-corrected chi connectivity index (χ2v) is 1.25. The normalized spacial score (nSPS) is 25.5. The van der Waals surface area contributed by atoms with Gasteiger partial charge in [0.05, 0.1) is 13.2 Å². The van der Waals surface area contributed by atoms with E-state index < -0.39 is 0 Å². The Bertz CT molecular complexity index is 42.1. The van der Waals surface area contributed by atoms with Crippen molar-refractivity contribution in [2.75, 3.05) is 20.2 Å². The highest BCUT2D eigenvalue weighted by molar-refractivity contribution is 4.34. The maximum Gasteiger partial charge on any atom is 0.0993 e. The number of nitrogens with zero attached hydrogens (tertiary/aromatic N) is 1. The molecule has 1 aliphatic heterocycles. The van der Waals surface area contributed by atoms with Gasteiger partial charge in [-0.3, -0.25) is 0 Å². The molecule has 1 fully saturated rings. The van der Waals surface area contributed by atoms with E-state index in [2.05, 4.69) is 9.88 Å². The Morgan fingerprint density at radius 1 is 1.67 bits per heavy atom. The van der Waals surface area contributed by atoms with Crippen molar-refractivity contribution in [3.8, 4) is 0 Å². The van der Waals surface area contributed by atoms with Gasteiger partial charge in [-0.1, -0.05) is 0 Å². The maximum absolute atomic E-state index is 4.49. The zero-order chi connectivity index (χ0) is 4.41. The standard InChI is InChI=1S/C3H7NO2/c1-4-2-3-5-6-4/h2-3H2,1H3. The monoisotopic (exact) mass is 89.0 g/mol. The zero-order valence-electron chi connectivity index (χ0n) is 3.68. The third-order valence-electron chi connectivity index (χ3n) is 0.669. The molecule has 0 amide bonds. The molecule has 0 aliphatic carbocycles. The highest BCUT2D eigenvalue weighted by Crippen LogP contribution is 1.93. The van der Waals surface area contributed by atoms with E-state index in [-0.39, 0.29) is 0 Å². The first-order chi connectivity index (χ1) is 2.89. The van der Waals surface area contributed by atoms with Crippen LogP contribution in [0.15, 0.2) is 0 Å². The van der Waals surface area contributed by atoms with Crippen molar-refractivity contribution in [2.24, 2.45) is 0 Å². The van der Waals surface area contributed by atoms with Crippen molar-refractivity contribution >= 4 is 0 Å². The highest BCUT2D eigenvalue weighted by Gasteiger charge is 2.05. The van der Waals surface area contributed by atoms with Gasteiger partial charge < -0.3 is 0 Å². The lowest BCUT2D eigenvalue weighted by Crippen LogP contribution is -2.09. The molecule has 0 atom stereocenters. The average Bonchev–Trinajstić information content (AvgIpc) is 1.86. The van der Waals surface area contributed by atoms with E-state index in [4.69, 9.17) is 0 Å². The molecular formula is C3H7NO2. The number of likely N-dealkylation sites (N-methyl/N-ethyl adjacent to an activating group) is 1. The van der Waals surface area contributed by atoms with Crippen LogP contribution >= 0.6 is 0 Å². The van der Waals surface area contributed by atoms with Crippen LogP contribution in [0.25, 0.3) is 0 Å². The topological polar surface area (TPSA) is 21.7 Å². The Hall–Kier alpha value is -0.120. The quantitative estimate of drug-likeness (QED) is 0.383. The Morgan fingerprint density at radius 3 is 2.67 bits per heavy atom. The minimum Gasteiger partial charge on any atom is -0.216 e. The first-order valence-corrected chi connectivity index (χ1v) is 1.90. The Kier molecular flexibility index (Phi) is 1.05. The predicted molar refractivity (Wildman–Crippen MR) is 19.7 cm³/mol. The summed E-state index contributed by atoms with van der Waals surface area (Å²) in [5.41, 5.74) is 0. The molecule has 0 unspecified atom stereocenters. The summed E-state index contributed by atoms with van der Waals surface area (Å²) >= 11 is 0. The molecule has 1 aliphatic rings. The van der Waals surface area contributed by atoms with Crippen molar-refractivity contribution in [3.05, 3.63) is 0 Å².